The van der Waals surface area contributed by atoms with Crippen molar-refractivity contribution in [1.82, 2.24) is 9.97 Å². The summed E-state index contributed by atoms with van der Waals surface area (Å²) in [6, 6.07) is 0. The Morgan fingerprint density at radius 1 is 1.56 bits per heavy atom. The molecule has 1 aliphatic rings. The SMILES string of the molecule is Cc1ncnc(NCC2(C)CCCO2)c1F. The van der Waals surface area contributed by atoms with Crippen LogP contribution in [0, 0.1) is 12.7 Å². The van der Waals surface area contributed by atoms with Gasteiger partial charge < -0.3 is 10.1 Å². The van der Waals surface area contributed by atoms with Crippen LogP contribution in [0.2, 0.25) is 0 Å². The van der Waals surface area contributed by atoms with Crippen LogP contribution in [0.3, 0.4) is 0 Å². The van der Waals surface area contributed by atoms with Gasteiger partial charge in [0.05, 0.1) is 11.3 Å². The summed E-state index contributed by atoms with van der Waals surface area (Å²) in [5.41, 5.74) is 0.153. The molecular weight excluding hydrogens is 209 g/mol. The lowest BCUT2D eigenvalue weighted by molar-refractivity contribution is 0.0314. The Morgan fingerprint density at radius 3 is 3.06 bits per heavy atom. The predicted molar refractivity (Wildman–Crippen MR) is 58.8 cm³/mol. The van der Waals surface area contributed by atoms with Crippen LogP contribution in [-0.2, 0) is 4.74 Å². The third-order valence-corrected chi connectivity index (χ3v) is 2.89. The van der Waals surface area contributed by atoms with Gasteiger partial charge in [-0.1, -0.05) is 0 Å². The Balaban J connectivity index is 2.02. The minimum atomic E-state index is -0.385. The normalized spacial score (nSPS) is 24.7. The molecule has 1 N–H and O–H groups in total. The van der Waals surface area contributed by atoms with Crippen molar-refractivity contribution in [2.75, 3.05) is 18.5 Å². The smallest absolute Gasteiger partial charge is 0.186 e. The van der Waals surface area contributed by atoms with Crippen LogP contribution in [0.4, 0.5) is 10.2 Å². The number of halogens is 1. The lowest BCUT2D eigenvalue weighted by atomic mass is 10.0. The third-order valence-electron chi connectivity index (χ3n) is 2.89. The molecule has 0 aliphatic carbocycles. The first-order chi connectivity index (χ1) is 7.61. The summed E-state index contributed by atoms with van der Waals surface area (Å²) >= 11 is 0. The van der Waals surface area contributed by atoms with Crippen LogP contribution in [0.1, 0.15) is 25.5 Å². The zero-order chi connectivity index (χ0) is 11.6. The van der Waals surface area contributed by atoms with E-state index >= 15 is 0 Å². The summed E-state index contributed by atoms with van der Waals surface area (Å²) in [6.45, 7) is 5.00. The van der Waals surface area contributed by atoms with E-state index in [-0.39, 0.29) is 17.2 Å². The zero-order valence-electron chi connectivity index (χ0n) is 9.59. The van der Waals surface area contributed by atoms with E-state index in [0.717, 1.165) is 19.4 Å². The van der Waals surface area contributed by atoms with Gasteiger partial charge >= 0.3 is 0 Å². The molecule has 1 aromatic heterocycles. The van der Waals surface area contributed by atoms with Gasteiger partial charge in [-0.05, 0) is 26.7 Å². The first-order valence-electron chi connectivity index (χ1n) is 5.46. The Morgan fingerprint density at radius 2 is 2.38 bits per heavy atom. The Labute approximate surface area is 94.2 Å². The molecule has 2 rings (SSSR count). The van der Waals surface area contributed by atoms with Gasteiger partial charge in [-0.2, -0.15) is 0 Å². The van der Waals surface area contributed by atoms with Crippen molar-refractivity contribution < 1.29 is 9.13 Å². The summed E-state index contributed by atoms with van der Waals surface area (Å²) in [5, 5.41) is 2.99. The van der Waals surface area contributed by atoms with Gasteiger partial charge in [0.1, 0.15) is 6.33 Å². The van der Waals surface area contributed by atoms with Gasteiger partial charge in [-0.25, -0.2) is 14.4 Å². The van der Waals surface area contributed by atoms with Crippen molar-refractivity contribution in [3.05, 3.63) is 17.8 Å². The number of hydrogen-bond acceptors (Lipinski definition) is 4. The second-order valence-electron chi connectivity index (χ2n) is 4.38. The molecule has 4 nitrogen and oxygen atoms in total. The second kappa shape index (κ2) is 4.33. The van der Waals surface area contributed by atoms with Gasteiger partial charge in [0, 0.05) is 13.2 Å². The summed E-state index contributed by atoms with van der Waals surface area (Å²) in [5.74, 6) is -0.131. The topological polar surface area (TPSA) is 47.0 Å². The molecule has 1 saturated heterocycles. The molecule has 0 aromatic carbocycles. The average molecular weight is 225 g/mol. The monoisotopic (exact) mass is 225 g/mol. The summed E-state index contributed by atoms with van der Waals surface area (Å²) in [4.78, 5) is 7.66. The number of aromatic nitrogens is 2. The lowest BCUT2D eigenvalue weighted by Gasteiger charge is -2.23. The van der Waals surface area contributed by atoms with E-state index in [1.807, 2.05) is 6.92 Å². The maximum absolute atomic E-state index is 13.6. The number of nitrogens with zero attached hydrogens (tertiary/aromatic N) is 2. The van der Waals surface area contributed by atoms with Crippen molar-refractivity contribution in [2.24, 2.45) is 0 Å². The molecule has 0 bridgehead atoms. The van der Waals surface area contributed by atoms with Crippen LogP contribution in [0.15, 0.2) is 6.33 Å². The second-order valence-corrected chi connectivity index (χ2v) is 4.38. The van der Waals surface area contributed by atoms with Gasteiger partial charge in [0.25, 0.3) is 0 Å². The minimum Gasteiger partial charge on any atom is -0.373 e. The van der Waals surface area contributed by atoms with Crippen LogP contribution in [-0.4, -0.2) is 28.7 Å². The van der Waals surface area contributed by atoms with Gasteiger partial charge in [0.2, 0.25) is 0 Å². The molecule has 0 saturated carbocycles. The number of aryl methyl sites for hydroxylation is 1. The maximum atomic E-state index is 13.6. The first kappa shape index (κ1) is 11.3. The fraction of sp³-hybridized carbons (Fsp3) is 0.636. The van der Waals surface area contributed by atoms with Crippen LogP contribution < -0.4 is 5.32 Å². The lowest BCUT2D eigenvalue weighted by Crippen LogP contribution is -2.33. The highest BCUT2D eigenvalue weighted by Crippen LogP contribution is 2.25. The van der Waals surface area contributed by atoms with Crippen LogP contribution in [0.25, 0.3) is 0 Å². The van der Waals surface area contributed by atoms with E-state index in [9.17, 15) is 4.39 Å². The summed E-state index contributed by atoms with van der Waals surface area (Å²) < 4.78 is 19.2. The Hall–Kier alpha value is -1.23. The molecule has 0 spiro atoms. The largest absolute Gasteiger partial charge is 0.373 e. The van der Waals surface area contributed by atoms with Crippen LogP contribution in [0.5, 0.6) is 0 Å². The van der Waals surface area contributed by atoms with E-state index < -0.39 is 0 Å². The molecule has 1 aliphatic heterocycles. The summed E-state index contributed by atoms with van der Waals surface area (Å²) in [7, 11) is 0. The number of ether oxygens (including phenoxy) is 1. The van der Waals surface area contributed by atoms with Gasteiger partial charge in [-0.3, -0.25) is 0 Å². The molecule has 1 atom stereocenters. The third kappa shape index (κ3) is 2.29. The van der Waals surface area contributed by atoms with Crippen LogP contribution >= 0.6 is 0 Å². The van der Waals surface area contributed by atoms with Gasteiger partial charge in [0.15, 0.2) is 11.6 Å². The zero-order valence-corrected chi connectivity index (χ0v) is 9.59. The van der Waals surface area contributed by atoms with E-state index in [1.54, 1.807) is 6.92 Å². The van der Waals surface area contributed by atoms with Crippen molar-refractivity contribution in [1.29, 1.82) is 0 Å². The number of rotatable bonds is 3. The molecule has 0 radical (unpaired) electrons. The molecule has 1 fully saturated rings. The fourth-order valence-electron chi connectivity index (χ4n) is 1.83. The predicted octanol–water partition coefficient (Wildman–Crippen LogP) is 1.91. The average Bonchev–Trinajstić information content (AvgIpc) is 2.68. The highest BCUT2D eigenvalue weighted by molar-refractivity contribution is 5.37. The molecular formula is C11H16FN3O. The maximum Gasteiger partial charge on any atom is 0.186 e. The van der Waals surface area contributed by atoms with Crippen molar-refractivity contribution in [3.8, 4) is 0 Å². The Bertz CT molecular complexity index is 377. The molecule has 1 unspecified atom stereocenters. The van der Waals surface area contributed by atoms with E-state index in [4.69, 9.17) is 4.74 Å². The molecule has 0 amide bonds. The molecule has 1 aromatic rings. The Kier molecular flexibility index (Phi) is 3.05. The molecule has 2 heterocycles. The van der Waals surface area contributed by atoms with E-state index in [2.05, 4.69) is 15.3 Å². The molecule has 5 heteroatoms. The summed E-state index contributed by atoms with van der Waals surface area (Å²) in [6.07, 6.45) is 3.41. The quantitative estimate of drug-likeness (QED) is 0.853. The first-order valence-corrected chi connectivity index (χ1v) is 5.46. The molecule has 16 heavy (non-hydrogen) atoms. The van der Waals surface area contributed by atoms with Crippen molar-refractivity contribution in [2.45, 2.75) is 32.3 Å². The number of hydrogen-bond donors (Lipinski definition) is 1. The van der Waals surface area contributed by atoms with Crippen molar-refractivity contribution >= 4 is 5.82 Å². The highest BCUT2D eigenvalue weighted by atomic mass is 19.1. The van der Waals surface area contributed by atoms with Crippen molar-refractivity contribution in [3.63, 3.8) is 0 Å². The van der Waals surface area contributed by atoms with E-state index in [0.29, 0.717) is 12.2 Å². The van der Waals surface area contributed by atoms with Gasteiger partial charge in [-0.15, -0.1) is 0 Å². The minimum absolute atomic E-state index is 0.203. The van der Waals surface area contributed by atoms with E-state index in [1.165, 1.54) is 6.33 Å². The highest BCUT2D eigenvalue weighted by Gasteiger charge is 2.29. The number of anilines is 1. The molecule has 88 valence electrons. The number of nitrogens with one attached hydrogen (secondary N) is 1. The fourth-order valence-corrected chi connectivity index (χ4v) is 1.83. The standard InChI is InChI=1S/C11H16FN3O/c1-8-9(12)10(15-7-14-8)13-6-11(2)4-3-5-16-11/h7H,3-6H2,1-2H3,(H,13,14,15).